The van der Waals surface area contributed by atoms with E-state index in [1.165, 1.54) is 24.3 Å². The lowest BCUT2D eigenvalue weighted by atomic mass is 9.95. The molecule has 1 aliphatic carbocycles. The highest BCUT2D eigenvalue weighted by Gasteiger charge is 2.27. The molecule has 28 heavy (non-hydrogen) atoms. The van der Waals surface area contributed by atoms with Crippen LogP contribution in [0.25, 0.3) is 0 Å². The van der Waals surface area contributed by atoms with Crippen LogP contribution >= 0.6 is 11.3 Å². The van der Waals surface area contributed by atoms with Crippen LogP contribution in [0.3, 0.4) is 0 Å². The molecule has 1 saturated heterocycles. The van der Waals surface area contributed by atoms with Crippen molar-refractivity contribution < 1.29 is 9.59 Å². The number of amides is 3. The van der Waals surface area contributed by atoms with Crippen molar-refractivity contribution in [3.63, 3.8) is 0 Å². The van der Waals surface area contributed by atoms with E-state index in [1.807, 2.05) is 18.7 Å². The average molecular weight is 407 g/mol. The molecule has 3 amide bonds. The molecule has 0 unspecified atom stereocenters. The first-order valence-electron chi connectivity index (χ1n) is 10.8. The third kappa shape index (κ3) is 5.93. The molecule has 156 valence electrons. The quantitative estimate of drug-likeness (QED) is 0.757. The first-order valence-corrected chi connectivity index (χ1v) is 11.7. The van der Waals surface area contributed by atoms with Gasteiger partial charge in [0.25, 0.3) is 0 Å². The van der Waals surface area contributed by atoms with Crippen molar-refractivity contribution in [1.29, 1.82) is 0 Å². The number of hydrogen-bond acceptors (Lipinski definition) is 4. The lowest BCUT2D eigenvalue weighted by molar-refractivity contribution is -0.123. The van der Waals surface area contributed by atoms with Crippen molar-refractivity contribution in [1.82, 2.24) is 20.5 Å². The average Bonchev–Trinajstić information content (AvgIpc) is 3.17. The lowest BCUT2D eigenvalue weighted by Gasteiger charge is -2.33. The van der Waals surface area contributed by atoms with Crippen LogP contribution in [-0.2, 0) is 11.2 Å². The van der Waals surface area contributed by atoms with Gasteiger partial charge in [-0.1, -0.05) is 33.1 Å². The molecule has 1 saturated carbocycles. The van der Waals surface area contributed by atoms with Crippen LogP contribution in [0.4, 0.5) is 4.79 Å². The molecule has 0 spiro atoms. The number of nitrogens with zero attached hydrogens (tertiary/aromatic N) is 2. The number of thiazole rings is 1. The zero-order valence-electron chi connectivity index (χ0n) is 17.2. The summed E-state index contributed by atoms with van der Waals surface area (Å²) >= 11 is 1.72. The van der Waals surface area contributed by atoms with Gasteiger partial charge in [-0.3, -0.25) is 4.79 Å². The number of aromatic nitrogens is 1. The number of piperidine rings is 1. The molecule has 1 aliphatic heterocycles. The van der Waals surface area contributed by atoms with Gasteiger partial charge >= 0.3 is 6.03 Å². The van der Waals surface area contributed by atoms with Crippen LogP contribution in [0.5, 0.6) is 0 Å². The third-order valence-corrected chi connectivity index (χ3v) is 6.89. The Balaban J connectivity index is 1.40. The molecule has 2 fully saturated rings. The van der Waals surface area contributed by atoms with Crippen LogP contribution in [0.2, 0.25) is 0 Å². The Morgan fingerprint density at radius 3 is 2.57 bits per heavy atom. The Bertz CT molecular complexity index is 647. The number of rotatable bonds is 6. The fourth-order valence-corrected chi connectivity index (χ4v) is 5.01. The Morgan fingerprint density at radius 2 is 1.89 bits per heavy atom. The summed E-state index contributed by atoms with van der Waals surface area (Å²) in [5.41, 5.74) is 1.06. The second-order valence-corrected chi connectivity index (χ2v) is 9.31. The summed E-state index contributed by atoms with van der Waals surface area (Å²) in [5, 5.41) is 9.46. The monoisotopic (exact) mass is 406 g/mol. The van der Waals surface area contributed by atoms with E-state index < -0.39 is 0 Å². The minimum absolute atomic E-state index is 0.0199. The van der Waals surface area contributed by atoms with E-state index in [0.29, 0.717) is 18.5 Å². The predicted octanol–water partition coefficient (Wildman–Crippen LogP) is 3.68. The summed E-state index contributed by atoms with van der Waals surface area (Å²) in [6.07, 6.45) is 8.77. The van der Waals surface area contributed by atoms with Crippen LogP contribution < -0.4 is 10.6 Å². The highest BCUT2D eigenvalue weighted by atomic mass is 32.1. The molecular weight excluding hydrogens is 372 g/mol. The molecule has 0 aromatic carbocycles. The molecule has 7 heteroatoms. The SMILES string of the molecule is CC(C)C(=O)NCCc1csc(C2CCN(C(=O)NC3CCCCC3)CC2)n1. The van der Waals surface area contributed by atoms with E-state index >= 15 is 0 Å². The number of carbonyl (C=O) groups is 2. The summed E-state index contributed by atoms with van der Waals surface area (Å²) in [4.78, 5) is 30.9. The summed E-state index contributed by atoms with van der Waals surface area (Å²) in [6.45, 7) is 6.06. The maximum Gasteiger partial charge on any atom is 0.317 e. The summed E-state index contributed by atoms with van der Waals surface area (Å²) in [6, 6.07) is 0.489. The minimum Gasteiger partial charge on any atom is -0.355 e. The maximum absolute atomic E-state index is 12.5. The zero-order valence-corrected chi connectivity index (χ0v) is 18.0. The van der Waals surface area contributed by atoms with Crippen molar-refractivity contribution in [3.8, 4) is 0 Å². The van der Waals surface area contributed by atoms with E-state index in [0.717, 1.165) is 50.9 Å². The van der Waals surface area contributed by atoms with Crippen molar-refractivity contribution in [2.24, 2.45) is 5.92 Å². The van der Waals surface area contributed by atoms with Crippen molar-refractivity contribution in [3.05, 3.63) is 16.1 Å². The Morgan fingerprint density at radius 1 is 1.18 bits per heavy atom. The van der Waals surface area contributed by atoms with Crippen LogP contribution in [0.1, 0.15) is 75.4 Å². The van der Waals surface area contributed by atoms with Crippen molar-refractivity contribution in [2.45, 2.75) is 77.2 Å². The molecule has 1 aromatic rings. The van der Waals surface area contributed by atoms with Crippen molar-refractivity contribution >= 4 is 23.3 Å². The molecule has 2 heterocycles. The lowest BCUT2D eigenvalue weighted by Crippen LogP contribution is -2.48. The number of carbonyl (C=O) groups excluding carboxylic acids is 2. The Hall–Kier alpha value is -1.63. The smallest absolute Gasteiger partial charge is 0.317 e. The van der Waals surface area contributed by atoms with Crippen LogP contribution in [0.15, 0.2) is 5.38 Å². The largest absolute Gasteiger partial charge is 0.355 e. The fourth-order valence-electron chi connectivity index (χ4n) is 3.99. The second-order valence-electron chi connectivity index (χ2n) is 8.42. The molecule has 6 nitrogen and oxygen atoms in total. The highest BCUT2D eigenvalue weighted by Crippen LogP contribution is 2.30. The van der Waals surface area contributed by atoms with E-state index in [4.69, 9.17) is 4.98 Å². The molecular formula is C21H34N4O2S. The molecule has 0 bridgehead atoms. The molecule has 3 rings (SSSR count). The number of hydrogen-bond donors (Lipinski definition) is 2. The normalized spacial score (nSPS) is 19.0. The van der Waals surface area contributed by atoms with Gasteiger partial charge < -0.3 is 15.5 Å². The van der Waals surface area contributed by atoms with Gasteiger partial charge in [-0.05, 0) is 25.7 Å². The summed E-state index contributed by atoms with van der Waals surface area (Å²) < 4.78 is 0. The number of nitrogens with one attached hydrogen (secondary N) is 2. The molecule has 2 aliphatic rings. The summed E-state index contributed by atoms with van der Waals surface area (Å²) in [5.74, 6) is 0.559. The van der Waals surface area contributed by atoms with Gasteiger partial charge in [-0.25, -0.2) is 9.78 Å². The van der Waals surface area contributed by atoms with Gasteiger partial charge in [-0.2, -0.15) is 0 Å². The van der Waals surface area contributed by atoms with E-state index in [-0.39, 0.29) is 17.9 Å². The highest BCUT2D eigenvalue weighted by molar-refractivity contribution is 7.09. The van der Waals surface area contributed by atoms with Gasteiger partial charge in [0, 0.05) is 49.3 Å². The standard InChI is InChI=1S/C21H34N4O2S/c1-15(2)19(26)22-11-8-18-14-28-20(23-18)16-9-12-25(13-10-16)21(27)24-17-6-4-3-5-7-17/h14-17H,3-13H2,1-2H3,(H,22,26)(H,24,27). The Labute approximate surface area is 172 Å². The topological polar surface area (TPSA) is 74.3 Å². The van der Waals surface area contributed by atoms with E-state index in [2.05, 4.69) is 16.0 Å². The third-order valence-electron chi connectivity index (χ3n) is 5.84. The second kappa shape index (κ2) is 10.2. The minimum atomic E-state index is 0.0199. The summed E-state index contributed by atoms with van der Waals surface area (Å²) in [7, 11) is 0. The molecule has 2 N–H and O–H groups in total. The molecule has 0 atom stereocenters. The van der Waals surface area contributed by atoms with Crippen LogP contribution in [-0.4, -0.2) is 47.5 Å². The fraction of sp³-hybridized carbons (Fsp3) is 0.762. The predicted molar refractivity (Wildman–Crippen MR) is 113 cm³/mol. The van der Waals surface area contributed by atoms with Gasteiger partial charge in [0.1, 0.15) is 0 Å². The molecule has 0 radical (unpaired) electrons. The number of likely N-dealkylation sites (tertiary alicyclic amines) is 1. The number of urea groups is 1. The van der Waals surface area contributed by atoms with Gasteiger partial charge in [0.05, 0.1) is 10.7 Å². The van der Waals surface area contributed by atoms with E-state index in [9.17, 15) is 9.59 Å². The van der Waals surface area contributed by atoms with Gasteiger partial charge in [-0.15, -0.1) is 11.3 Å². The first-order chi connectivity index (χ1) is 13.5. The molecule has 1 aromatic heterocycles. The first kappa shape index (κ1) is 21.1. The zero-order chi connectivity index (χ0) is 19.9. The van der Waals surface area contributed by atoms with E-state index in [1.54, 1.807) is 11.3 Å². The van der Waals surface area contributed by atoms with Crippen molar-refractivity contribution in [2.75, 3.05) is 19.6 Å². The Kier molecular flexibility index (Phi) is 7.71. The van der Waals surface area contributed by atoms with Gasteiger partial charge in [0.15, 0.2) is 0 Å². The van der Waals surface area contributed by atoms with Gasteiger partial charge in [0.2, 0.25) is 5.91 Å². The maximum atomic E-state index is 12.5. The van der Waals surface area contributed by atoms with Crippen LogP contribution in [0, 0.1) is 5.92 Å².